The van der Waals surface area contributed by atoms with Crippen LogP contribution in [0.15, 0.2) is 25.3 Å². The van der Waals surface area contributed by atoms with E-state index in [2.05, 4.69) is 20.2 Å². The first-order valence-corrected chi connectivity index (χ1v) is 5.32. The van der Waals surface area contributed by atoms with E-state index < -0.39 is 8.25 Å². The van der Waals surface area contributed by atoms with E-state index in [1.165, 1.54) is 34.7 Å². The molecule has 16 heavy (non-hydrogen) atoms. The minimum absolute atomic E-state index is 0.0204. The zero-order chi connectivity index (χ0) is 11.2. The minimum atomic E-state index is -2.22. The molecule has 2 rings (SSSR count). The van der Waals surface area contributed by atoms with Crippen LogP contribution in [0, 0.1) is 0 Å². The van der Waals surface area contributed by atoms with Crippen LogP contribution in [0.4, 0.5) is 0 Å². The largest absolute Gasteiger partial charge is 0.701 e. The maximum absolute atomic E-state index is 11.2. The average Bonchev–Trinajstić information content (AvgIpc) is 2.96. The normalized spacial score (nSPS) is 10.5. The molecule has 0 aliphatic carbocycles. The number of hydrogen-bond acceptors (Lipinski definition) is 7. The summed E-state index contributed by atoms with van der Waals surface area (Å²) in [5.41, 5.74) is 0. The number of hydrogen-bond donors (Lipinski definition) is 0. The van der Waals surface area contributed by atoms with E-state index in [0.29, 0.717) is 0 Å². The summed E-state index contributed by atoms with van der Waals surface area (Å²) < 4.78 is 23.7. The van der Waals surface area contributed by atoms with Crippen LogP contribution < -0.4 is 0 Å². The van der Waals surface area contributed by atoms with E-state index in [4.69, 9.17) is 9.05 Å². The first kappa shape index (κ1) is 10.8. The Kier molecular flexibility index (Phi) is 3.65. The molecule has 2 aromatic rings. The summed E-state index contributed by atoms with van der Waals surface area (Å²) in [4.78, 5) is 7.40. The Bertz CT molecular complexity index is 389. The molecule has 0 aliphatic heterocycles. The van der Waals surface area contributed by atoms with Gasteiger partial charge in [0.2, 0.25) is 0 Å². The van der Waals surface area contributed by atoms with E-state index in [-0.39, 0.29) is 13.5 Å². The Labute approximate surface area is 91.0 Å². The fourth-order valence-electron chi connectivity index (χ4n) is 0.849. The fourth-order valence-corrected chi connectivity index (χ4v) is 1.35. The Morgan fingerprint density at radius 3 is 1.88 bits per heavy atom. The molecule has 0 aliphatic rings. The van der Waals surface area contributed by atoms with Crippen LogP contribution >= 0.6 is 8.25 Å². The predicted octanol–water partition coefficient (Wildman–Crippen LogP) is 0.175. The summed E-state index contributed by atoms with van der Waals surface area (Å²) in [6.45, 7) is 0.0408. The zero-order valence-electron chi connectivity index (χ0n) is 8.08. The Morgan fingerprint density at radius 1 is 1.00 bits per heavy atom. The highest BCUT2D eigenvalue weighted by Gasteiger charge is 2.20. The third kappa shape index (κ3) is 3.16. The first-order chi connectivity index (χ1) is 7.84. The lowest BCUT2D eigenvalue weighted by molar-refractivity contribution is 0.145. The molecule has 9 nitrogen and oxygen atoms in total. The van der Waals surface area contributed by atoms with Crippen molar-refractivity contribution in [1.82, 2.24) is 29.5 Å². The maximum Gasteiger partial charge on any atom is 0.701 e. The molecule has 0 aromatic carbocycles. The van der Waals surface area contributed by atoms with E-state index in [1.54, 1.807) is 0 Å². The van der Waals surface area contributed by atoms with Gasteiger partial charge in [-0.3, -0.25) is 0 Å². The van der Waals surface area contributed by atoms with Crippen molar-refractivity contribution in [2.24, 2.45) is 0 Å². The molecule has 0 spiro atoms. The summed E-state index contributed by atoms with van der Waals surface area (Å²) in [6, 6.07) is 0. The van der Waals surface area contributed by atoms with Crippen molar-refractivity contribution in [3.05, 3.63) is 25.3 Å². The third-order valence-corrected chi connectivity index (χ3v) is 2.18. The van der Waals surface area contributed by atoms with Crippen molar-refractivity contribution in [2.75, 3.05) is 0 Å². The molecule has 10 heteroatoms. The molecule has 0 saturated carbocycles. The highest BCUT2D eigenvalue weighted by molar-refractivity contribution is 7.33. The Morgan fingerprint density at radius 2 is 1.50 bits per heavy atom. The molecule has 0 atom stereocenters. The van der Waals surface area contributed by atoms with Crippen LogP contribution in [-0.4, -0.2) is 29.5 Å². The van der Waals surface area contributed by atoms with Crippen LogP contribution in [0.2, 0.25) is 0 Å². The molecule has 0 bridgehead atoms. The second kappa shape index (κ2) is 5.40. The maximum atomic E-state index is 11.2. The average molecular weight is 243 g/mol. The van der Waals surface area contributed by atoms with Crippen LogP contribution in [0.25, 0.3) is 0 Å². The molecular formula is C6H8N6O3P+. The van der Waals surface area contributed by atoms with Crippen molar-refractivity contribution in [3.63, 3.8) is 0 Å². The molecule has 0 fully saturated rings. The lowest BCUT2D eigenvalue weighted by Crippen LogP contribution is -2.02. The monoisotopic (exact) mass is 243 g/mol. The quantitative estimate of drug-likeness (QED) is 0.667. The third-order valence-electron chi connectivity index (χ3n) is 1.52. The smallest absolute Gasteiger partial charge is 0.223 e. The van der Waals surface area contributed by atoms with E-state index in [0.717, 1.165) is 0 Å². The van der Waals surface area contributed by atoms with Gasteiger partial charge in [0.25, 0.3) is 0 Å². The van der Waals surface area contributed by atoms with Gasteiger partial charge in [-0.25, -0.2) is 19.3 Å². The fraction of sp³-hybridized carbons (Fsp3) is 0.333. The number of rotatable bonds is 6. The van der Waals surface area contributed by atoms with Crippen LogP contribution in [-0.2, 0) is 27.1 Å². The Balaban J connectivity index is 1.69. The van der Waals surface area contributed by atoms with Gasteiger partial charge in [-0.2, -0.15) is 10.2 Å². The molecular weight excluding hydrogens is 235 g/mol. The second-order valence-corrected chi connectivity index (χ2v) is 3.57. The van der Waals surface area contributed by atoms with Crippen LogP contribution in [0.5, 0.6) is 0 Å². The van der Waals surface area contributed by atoms with Gasteiger partial charge in [-0.15, -0.1) is 0 Å². The minimum Gasteiger partial charge on any atom is -0.223 e. The van der Waals surface area contributed by atoms with Gasteiger partial charge >= 0.3 is 8.25 Å². The summed E-state index contributed by atoms with van der Waals surface area (Å²) in [5, 5.41) is 7.53. The van der Waals surface area contributed by atoms with Gasteiger partial charge in [0.15, 0.2) is 13.5 Å². The number of nitrogens with zero attached hydrogens (tertiary/aromatic N) is 6. The van der Waals surface area contributed by atoms with E-state index in [9.17, 15) is 4.57 Å². The molecule has 0 saturated heterocycles. The van der Waals surface area contributed by atoms with Crippen molar-refractivity contribution >= 4 is 8.25 Å². The van der Waals surface area contributed by atoms with Gasteiger partial charge in [0, 0.05) is 4.57 Å². The summed E-state index contributed by atoms with van der Waals surface area (Å²) in [6.07, 6.45) is 5.60. The highest BCUT2D eigenvalue weighted by atomic mass is 31.1. The standard InChI is InChI=1S/C6H8N6O3P/c13-16(14-5-11-3-7-1-9-11)15-6-12-4-8-2-10-12/h1-4H,5-6H2/q+1. The molecule has 84 valence electrons. The molecule has 0 radical (unpaired) electrons. The van der Waals surface area contributed by atoms with Gasteiger partial charge in [-0.05, 0) is 0 Å². The van der Waals surface area contributed by atoms with Gasteiger partial charge < -0.3 is 0 Å². The lowest BCUT2D eigenvalue weighted by Gasteiger charge is -1.93. The predicted molar refractivity (Wildman–Crippen MR) is 49.8 cm³/mol. The van der Waals surface area contributed by atoms with E-state index in [1.807, 2.05) is 0 Å². The first-order valence-electron chi connectivity index (χ1n) is 4.22. The van der Waals surface area contributed by atoms with Gasteiger partial charge in [-0.1, -0.05) is 9.05 Å². The molecule has 2 heterocycles. The topological polar surface area (TPSA) is 97.0 Å². The number of aromatic nitrogens is 6. The zero-order valence-corrected chi connectivity index (χ0v) is 8.97. The molecule has 0 N–H and O–H groups in total. The lowest BCUT2D eigenvalue weighted by atomic mass is 11.2. The van der Waals surface area contributed by atoms with Crippen molar-refractivity contribution in [3.8, 4) is 0 Å². The SMILES string of the molecule is O=[P+](OCn1cncn1)OCn1cncn1. The van der Waals surface area contributed by atoms with Crippen LogP contribution in [0.3, 0.4) is 0 Å². The second-order valence-electron chi connectivity index (χ2n) is 2.61. The van der Waals surface area contributed by atoms with Crippen molar-refractivity contribution in [1.29, 1.82) is 0 Å². The molecule has 0 amide bonds. The van der Waals surface area contributed by atoms with Crippen molar-refractivity contribution < 1.29 is 13.6 Å². The Hall–Kier alpha value is -1.70. The molecule has 0 unspecified atom stereocenters. The van der Waals surface area contributed by atoms with Crippen molar-refractivity contribution in [2.45, 2.75) is 13.5 Å². The van der Waals surface area contributed by atoms with Crippen LogP contribution in [0.1, 0.15) is 0 Å². The molecule has 2 aromatic heterocycles. The van der Waals surface area contributed by atoms with E-state index >= 15 is 0 Å². The van der Waals surface area contributed by atoms with Gasteiger partial charge in [0.05, 0.1) is 0 Å². The summed E-state index contributed by atoms with van der Waals surface area (Å²) >= 11 is 0. The summed E-state index contributed by atoms with van der Waals surface area (Å²) in [5.74, 6) is 0. The van der Waals surface area contributed by atoms with Gasteiger partial charge in [0.1, 0.15) is 25.3 Å². The highest BCUT2D eigenvalue weighted by Crippen LogP contribution is 2.24. The summed E-state index contributed by atoms with van der Waals surface area (Å²) in [7, 11) is -2.22.